The van der Waals surface area contributed by atoms with Crippen LogP contribution in [0.1, 0.15) is 31.0 Å². The van der Waals surface area contributed by atoms with Crippen molar-refractivity contribution in [2.75, 3.05) is 25.0 Å². The monoisotopic (exact) mass is 395 g/mol. The molecule has 7 nitrogen and oxygen atoms in total. The van der Waals surface area contributed by atoms with Gasteiger partial charge in [-0.2, -0.15) is 0 Å². The van der Waals surface area contributed by atoms with E-state index >= 15 is 0 Å². The highest BCUT2D eigenvalue weighted by Crippen LogP contribution is 2.16. The van der Waals surface area contributed by atoms with Crippen molar-refractivity contribution < 1.29 is 9.53 Å². The molecule has 1 unspecified atom stereocenters. The number of aromatic nitrogens is 1. The van der Waals surface area contributed by atoms with Crippen molar-refractivity contribution >= 4 is 17.6 Å². The number of benzene rings is 1. The first-order valence-electron chi connectivity index (χ1n) is 10.2. The van der Waals surface area contributed by atoms with Gasteiger partial charge in [0.15, 0.2) is 5.96 Å². The van der Waals surface area contributed by atoms with Crippen molar-refractivity contribution in [1.82, 2.24) is 15.6 Å². The molecule has 154 valence electrons. The van der Waals surface area contributed by atoms with Gasteiger partial charge in [0.2, 0.25) is 0 Å². The first-order chi connectivity index (χ1) is 14.2. The van der Waals surface area contributed by atoms with E-state index in [1.807, 2.05) is 49.4 Å². The Morgan fingerprint density at radius 3 is 2.93 bits per heavy atom. The van der Waals surface area contributed by atoms with Crippen molar-refractivity contribution in [3.05, 3.63) is 59.9 Å². The van der Waals surface area contributed by atoms with Gasteiger partial charge in [0.1, 0.15) is 6.10 Å². The summed E-state index contributed by atoms with van der Waals surface area (Å²) in [5.74, 6) is 0.685. The molecule has 1 amide bonds. The minimum atomic E-state index is -0.333. The number of ether oxygens (including phenoxy) is 1. The number of hydrogen-bond donors (Lipinski definition) is 3. The van der Waals surface area contributed by atoms with Crippen LogP contribution in [0.25, 0.3) is 0 Å². The fraction of sp³-hybridized carbons (Fsp3) is 0.409. The Kier molecular flexibility index (Phi) is 8.01. The molecule has 1 aromatic carbocycles. The summed E-state index contributed by atoms with van der Waals surface area (Å²) < 4.78 is 5.44. The normalized spacial score (nSPS) is 16.4. The van der Waals surface area contributed by atoms with E-state index in [0.717, 1.165) is 55.3 Å². The van der Waals surface area contributed by atoms with Crippen LogP contribution in [0.5, 0.6) is 0 Å². The molecule has 0 aliphatic carbocycles. The number of nitrogens with one attached hydrogen (secondary N) is 3. The van der Waals surface area contributed by atoms with Gasteiger partial charge in [0.25, 0.3) is 5.91 Å². The van der Waals surface area contributed by atoms with Crippen LogP contribution in [0.15, 0.2) is 53.7 Å². The van der Waals surface area contributed by atoms with E-state index in [0.29, 0.717) is 13.2 Å². The molecule has 1 aliphatic heterocycles. The number of carbonyl (C=O) groups is 1. The smallest absolute Gasteiger partial charge is 0.253 e. The van der Waals surface area contributed by atoms with Gasteiger partial charge < -0.3 is 20.7 Å². The van der Waals surface area contributed by atoms with Crippen LogP contribution in [0.4, 0.5) is 5.69 Å². The molecule has 2 aromatic rings. The molecule has 0 saturated carbocycles. The second-order valence-electron chi connectivity index (χ2n) is 6.88. The first-order valence-corrected chi connectivity index (χ1v) is 10.2. The fourth-order valence-corrected chi connectivity index (χ4v) is 3.12. The standard InChI is InChI=1S/C22H29N5O2/c1-2-23-22(25-13-11-18-8-3-4-12-24-18)26-16-17-7-5-9-19(15-17)27-21(28)20-10-6-14-29-20/h3-5,7-9,12,15,20H,2,6,10-11,13-14,16H2,1H3,(H,27,28)(H2,23,25,26). The summed E-state index contributed by atoms with van der Waals surface area (Å²) in [6.45, 7) is 4.75. The SMILES string of the molecule is CCNC(=NCc1cccc(NC(=O)C2CCCO2)c1)NCCc1ccccn1. The van der Waals surface area contributed by atoms with Crippen LogP contribution in [-0.4, -0.2) is 42.7 Å². The molecule has 3 rings (SSSR count). The van der Waals surface area contributed by atoms with Crippen LogP contribution in [0.3, 0.4) is 0 Å². The third-order valence-electron chi connectivity index (χ3n) is 4.58. The Morgan fingerprint density at radius 1 is 1.24 bits per heavy atom. The Bertz CT molecular complexity index is 804. The number of anilines is 1. The minimum Gasteiger partial charge on any atom is -0.368 e. The van der Waals surface area contributed by atoms with Gasteiger partial charge in [-0.15, -0.1) is 0 Å². The first kappa shape index (κ1) is 20.8. The molecule has 1 atom stereocenters. The zero-order chi connectivity index (χ0) is 20.3. The quantitative estimate of drug-likeness (QED) is 0.472. The van der Waals surface area contributed by atoms with Gasteiger partial charge in [0, 0.05) is 43.7 Å². The highest BCUT2D eigenvalue weighted by atomic mass is 16.5. The maximum absolute atomic E-state index is 12.2. The van der Waals surface area contributed by atoms with E-state index in [4.69, 9.17) is 4.74 Å². The molecule has 1 aliphatic rings. The van der Waals surface area contributed by atoms with Crippen molar-refractivity contribution in [3.8, 4) is 0 Å². The second-order valence-corrected chi connectivity index (χ2v) is 6.88. The summed E-state index contributed by atoms with van der Waals surface area (Å²) in [6.07, 6.45) is 4.02. The van der Waals surface area contributed by atoms with E-state index in [2.05, 4.69) is 25.9 Å². The molecule has 29 heavy (non-hydrogen) atoms. The summed E-state index contributed by atoms with van der Waals surface area (Å²) in [4.78, 5) is 21.2. The molecule has 1 saturated heterocycles. The van der Waals surface area contributed by atoms with E-state index < -0.39 is 0 Å². The molecule has 0 radical (unpaired) electrons. The van der Waals surface area contributed by atoms with E-state index in [-0.39, 0.29) is 12.0 Å². The number of carbonyl (C=O) groups excluding carboxylic acids is 1. The maximum Gasteiger partial charge on any atom is 0.253 e. The minimum absolute atomic E-state index is 0.0762. The molecule has 0 spiro atoms. The third kappa shape index (κ3) is 6.87. The van der Waals surface area contributed by atoms with Crippen LogP contribution in [-0.2, 0) is 22.5 Å². The van der Waals surface area contributed by atoms with Gasteiger partial charge in [0.05, 0.1) is 6.54 Å². The average molecular weight is 396 g/mol. The fourth-order valence-electron chi connectivity index (χ4n) is 3.12. The Hall–Kier alpha value is -2.93. The maximum atomic E-state index is 12.2. The summed E-state index contributed by atoms with van der Waals surface area (Å²) in [7, 11) is 0. The molecule has 1 aromatic heterocycles. The summed E-state index contributed by atoms with van der Waals surface area (Å²) in [5, 5.41) is 9.53. The lowest BCUT2D eigenvalue weighted by Crippen LogP contribution is -2.38. The highest BCUT2D eigenvalue weighted by molar-refractivity contribution is 5.94. The molecule has 2 heterocycles. The number of amides is 1. The highest BCUT2D eigenvalue weighted by Gasteiger charge is 2.23. The predicted octanol–water partition coefficient (Wildman–Crippen LogP) is 2.50. The van der Waals surface area contributed by atoms with Crippen molar-refractivity contribution in [2.24, 2.45) is 4.99 Å². The predicted molar refractivity (Wildman–Crippen MR) is 115 cm³/mol. The van der Waals surface area contributed by atoms with Crippen LogP contribution >= 0.6 is 0 Å². The second kappa shape index (κ2) is 11.2. The van der Waals surface area contributed by atoms with E-state index in [1.165, 1.54) is 0 Å². The summed E-state index contributed by atoms with van der Waals surface area (Å²) in [5.41, 5.74) is 2.84. The largest absolute Gasteiger partial charge is 0.368 e. The lowest BCUT2D eigenvalue weighted by atomic mass is 10.2. The van der Waals surface area contributed by atoms with Crippen LogP contribution in [0, 0.1) is 0 Å². The van der Waals surface area contributed by atoms with Gasteiger partial charge >= 0.3 is 0 Å². The molecule has 7 heteroatoms. The third-order valence-corrected chi connectivity index (χ3v) is 4.58. The van der Waals surface area contributed by atoms with Gasteiger partial charge in [-0.25, -0.2) is 4.99 Å². The van der Waals surface area contributed by atoms with Crippen LogP contribution in [0.2, 0.25) is 0 Å². The average Bonchev–Trinajstić information content (AvgIpc) is 3.28. The zero-order valence-electron chi connectivity index (χ0n) is 16.9. The number of aliphatic imine (C=N–C) groups is 1. The van der Waals surface area contributed by atoms with Gasteiger partial charge in [-0.05, 0) is 49.6 Å². The van der Waals surface area contributed by atoms with Crippen molar-refractivity contribution in [3.63, 3.8) is 0 Å². The summed E-state index contributed by atoms with van der Waals surface area (Å²) >= 11 is 0. The Morgan fingerprint density at radius 2 is 2.17 bits per heavy atom. The number of guanidine groups is 1. The number of pyridine rings is 1. The van der Waals surface area contributed by atoms with Gasteiger partial charge in [-0.1, -0.05) is 18.2 Å². The van der Waals surface area contributed by atoms with Crippen molar-refractivity contribution in [1.29, 1.82) is 0 Å². The Balaban J connectivity index is 1.53. The molecule has 0 bridgehead atoms. The Labute approximate surface area is 172 Å². The zero-order valence-corrected chi connectivity index (χ0v) is 16.9. The number of hydrogen-bond acceptors (Lipinski definition) is 4. The van der Waals surface area contributed by atoms with E-state index in [9.17, 15) is 4.79 Å². The number of nitrogens with zero attached hydrogens (tertiary/aromatic N) is 2. The molecule has 3 N–H and O–H groups in total. The lowest BCUT2D eigenvalue weighted by Gasteiger charge is -2.12. The van der Waals surface area contributed by atoms with E-state index in [1.54, 1.807) is 6.20 Å². The van der Waals surface area contributed by atoms with Gasteiger partial charge in [-0.3, -0.25) is 9.78 Å². The van der Waals surface area contributed by atoms with Crippen molar-refractivity contribution in [2.45, 2.75) is 38.8 Å². The molecular weight excluding hydrogens is 366 g/mol. The van der Waals surface area contributed by atoms with Crippen LogP contribution < -0.4 is 16.0 Å². The lowest BCUT2D eigenvalue weighted by molar-refractivity contribution is -0.124. The molecule has 1 fully saturated rings. The number of rotatable bonds is 8. The topological polar surface area (TPSA) is 87.6 Å². The summed E-state index contributed by atoms with van der Waals surface area (Å²) in [6, 6.07) is 13.7. The molecular formula is C22H29N5O2.